The Morgan fingerprint density at radius 2 is 1.86 bits per heavy atom. The Morgan fingerprint density at radius 3 is 2.50 bits per heavy atom. The first-order valence-corrected chi connectivity index (χ1v) is 6.94. The molecule has 0 bridgehead atoms. The maximum atomic E-state index is 11.2. The predicted octanol–water partition coefficient (Wildman–Crippen LogP) is 1.94. The summed E-state index contributed by atoms with van der Waals surface area (Å²) in [5, 5.41) is 32.4. The number of hydrogen-bond acceptors (Lipinski definition) is 4. The van der Waals surface area contributed by atoms with Crippen LogP contribution in [-0.4, -0.2) is 17.6 Å². The van der Waals surface area contributed by atoms with E-state index in [1.807, 2.05) is 30.3 Å². The van der Waals surface area contributed by atoms with Gasteiger partial charge in [-0.1, -0.05) is 30.3 Å². The minimum atomic E-state index is -1.39. The standard InChI is InChI=1S/C16H17N2O4/c19-16(20)14-11-13(18(21)22)8-9-15(14)17-10-4-7-12-5-2-1-3-6-12/h1-3,5-6,8-9,11,17-18H,4,7,10H2,(H,19,20)/q-1. The van der Waals surface area contributed by atoms with Crippen molar-refractivity contribution >= 4 is 17.3 Å². The average Bonchev–Trinajstić information content (AvgIpc) is 2.52. The van der Waals surface area contributed by atoms with Crippen LogP contribution in [0.2, 0.25) is 0 Å². The van der Waals surface area contributed by atoms with E-state index >= 15 is 0 Å². The van der Waals surface area contributed by atoms with Gasteiger partial charge < -0.3 is 26.1 Å². The Balaban J connectivity index is 1.96. The molecule has 6 heteroatoms. The van der Waals surface area contributed by atoms with Crippen LogP contribution in [0.4, 0.5) is 11.4 Å². The van der Waals surface area contributed by atoms with E-state index in [1.54, 1.807) is 0 Å². The molecule has 0 aliphatic rings. The maximum absolute atomic E-state index is 11.2. The summed E-state index contributed by atoms with van der Waals surface area (Å²) in [7, 11) is 0. The molecule has 0 spiro atoms. The number of nitrogens with one attached hydrogen (secondary N) is 2. The average molecular weight is 301 g/mol. The van der Waals surface area contributed by atoms with Gasteiger partial charge >= 0.3 is 5.97 Å². The summed E-state index contributed by atoms with van der Waals surface area (Å²) in [6.07, 6.45) is 1.72. The summed E-state index contributed by atoms with van der Waals surface area (Å²) in [4.78, 5) is 11.2. The van der Waals surface area contributed by atoms with E-state index in [4.69, 9.17) is 5.11 Å². The highest BCUT2D eigenvalue weighted by Gasteiger charge is 2.12. The quantitative estimate of drug-likeness (QED) is 0.536. The van der Waals surface area contributed by atoms with Gasteiger partial charge in [-0.15, -0.1) is 0 Å². The van der Waals surface area contributed by atoms with Gasteiger partial charge in [0.25, 0.3) is 0 Å². The summed E-state index contributed by atoms with van der Waals surface area (Å²) in [6, 6.07) is 13.9. The normalized spacial score (nSPS) is 10.7. The molecular weight excluding hydrogens is 284 g/mol. The largest absolute Gasteiger partial charge is 0.628 e. The van der Waals surface area contributed by atoms with Crippen LogP contribution in [0.15, 0.2) is 48.5 Å². The van der Waals surface area contributed by atoms with E-state index < -0.39 is 11.2 Å². The number of carbonyl (C=O) groups is 1. The number of rotatable bonds is 7. The van der Waals surface area contributed by atoms with Crippen LogP contribution in [0, 0.1) is 10.4 Å². The van der Waals surface area contributed by atoms with Crippen molar-refractivity contribution in [2.24, 2.45) is 0 Å². The Hall–Kier alpha value is -2.41. The van der Waals surface area contributed by atoms with Gasteiger partial charge in [0, 0.05) is 24.4 Å². The van der Waals surface area contributed by atoms with Gasteiger partial charge in [-0.3, -0.25) is 0 Å². The lowest BCUT2D eigenvalue weighted by Gasteiger charge is -2.25. The van der Waals surface area contributed by atoms with Crippen molar-refractivity contribution in [2.75, 3.05) is 11.9 Å². The highest BCUT2D eigenvalue weighted by atomic mass is 16.8. The maximum Gasteiger partial charge on any atom is 0.338 e. The number of aryl methyl sites for hydroxylation is 1. The number of carboxylic acids is 1. The van der Waals surface area contributed by atoms with Crippen molar-refractivity contribution in [3.8, 4) is 0 Å². The van der Waals surface area contributed by atoms with Gasteiger partial charge in [-0.2, -0.15) is 0 Å². The lowest BCUT2D eigenvalue weighted by atomic mass is 10.1. The van der Waals surface area contributed by atoms with Crippen molar-refractivity contribution in [1.29, 1.82) is 0 Å². The summed E-state index contributed by atoms with van der Waals surface area (Å²) in [5.74, 6) is -1.17. The van der Waals surface area contributed by atoms with Crippen LogP contribution in [-0.2, 0) is 6.42 Å². The number of hydrogen-bond donors (Lipinski definition) is 3. The highest BCUT2D eigenvalue weighted by Crippen LogP contribution is 2.19. The molecule has 0 saturated carbocycles. The number of aromatic carboxylic acids is 1. The van der Waals surface area contributed by atoms with Crippen molar-refractivity contribution in [3.05, 3.63) is 70.1 Å². The lowest BCUT2D eigenvalue weighted by molar-refractivity contribution is -0.715. The molecule has 0 aliphatic carbocycles. The van der Waals surface area contributed by atoms with Gasteiger partial charge in [-0.25, -0.2) is 4.79 Å². The summed E-state index contributed by atoms with van der Waals surface area (Å²) >= 11 is 0. The molecule has 0 aliphatic heterocycles. The molecule has 0 aromatic heterocycles. The van der Waals surface area contributed by atoms with Crippen LogP contribution in [0.3, 0.4) is 0 Å². The van der Waals surface area contributed by atoms with E-state index in [2.05, 4.69) is 5.32 Å². The fraction of sp³-hybridized carbons (Fsp3) is 0.188. The second kappa shape index (κ2) is 7.56. The second-order valence-electron chi connectivity index (χ2n) is 4.87. The number of carboxylic acid groups (broad SMARTS) is 1. The molecule has 0 saturated heterocycles. The van der Waals surface area contributed by atoms with Gasteiger partial charge in [0.05, 0.1) is 5.56 Å². The zero-order chi connectivity index (χ0) is 15.9. The van der Waals surface area contributed by atoms with Gasteiger partial charge in [-0.05, 0) is 24.5 Å². The monoisotopic (exact) mass is 301 g/mol. The molecule has 0 fully saturated rings. The Morgan fingerprint density at radius 1 is 1.14 bits per heavy atom. The first kappa shape index (κ1) is 16.0. The number of benzene rings is 2. The molecule has 0 heterocycles. The Bertz CT molecular complexity index is 629. The van der Waals surface area contributed by atoms with E-state index in [1.165, 1.54) is 17.7 Å². The topological polar surface area (TPSA) is 99.9 Å². The third kappa shape index (κ3) is 4.29. The molecule has 0 atom stereocenters. The number of quaternary nitrogens is 1. The van der Waals surface area contributed by atoms with Crippen molar-refractivity contribution in [1.82, 2.24) is 0 Å². The van der Waals surface area contributed by atoms with Crippen molar-refractivity contribution in [3.63, 3.8) is 0 Å². The van der Waals surface area contributed by atoms with E-state index in [9.17, 15) is 15.2 Å². The summed E-state index contributed by atoms with van der Waals surface area (Å²) in [6.45, 7) is 0.597. The summed E-state index contributed by atoms with van der Waals surface area (Å²) < 4.78 is 0. The van der Waals surface area contributed by atoms with Crippen LogP contribution in [0.25, 0.3) is 0 Å². The predicted molar refractivity (Wildman–Crippen MR) is 84.0 cm³/mol. The molecular formula is C16H17N2O4-. The van der Waals surface area contributed by atoms with Crippen LogP contribution in [0.5, 0.6) is 0 Å². The van der Waals surface area contributed by atoms with Gasteiger partial charge in [0.15, 0.2) is 0 Å². The molecule has 22 heavy (non-hydrogen) atoms. The number of anilines is 1. The fourth-order valence-corrected chi connectivity index (χ4v) is 2.16. The van der Waals surface area contributed by atoms with Crippen molar-refractivity contribution in [2.45, 2.75) is 12.8 Å². The molecule has 0 radical (unpaired) electrons. The molecule has 2 aromatic carbocycles. The van der Waals surface area contributed by atoms with Crippen molar-refractivity contribution < 1.29 is 15.1 Å². The smallest absolute Gasteiger partial charge is 0.338 e. The Kier molecular flexibility index (Phi) is 5.48. The Labute approximate surface area is 128 Å². The first-order chi connectivity index (χ1) is 10.6. The van der Waals surface area contributed by atoms with Crippen LogP contribution < -0.4 is 10.5 Å². The summed E-state index contributed by atoms with van der Waals surface area (Å²) in [5.41, 5.74) is 1.41. The third-order valence-corrected chi connectivity index (χ3v) is 3.29. The molecule has 2 rings (SSSR count). The van der Waals surface area contributed by atoms with Gasteiger partial charge in [0.1, 0.15) is 5.69 Å². The zero-order valence-corrected chi connectivity index (χ0v) is 11.9. The van der Waals surface area contributed by atoms with E-state index in [-0.39, 0.29) is 11.3 Å². The van der Waals surface area contributed by atoms with E-state index in [0.717, 1.165) is 18.9 Å². The fourth-order valence-electron chi connectivity index (χ4n) is 2.16. The lowest BCUT2D eigenvalue weighted by Crippen LogP contribution is -2.96. The highest BCUT2D eigenvalue weighted by molar-refractivity contribution is 5.95. The molecule has 6 nitrogen and oxygen atoms in total. The third-order valence-electron chi connectivity index (χ3n) is 3.29. The van der Waals surface area contributed by atoms with Crippen LogP contribution in [0.1, 0.15) is 22.3 Å². The molecule has 2 aromatic rings. The molecule has 0 unspecified atom stereocenters. The van der Waals surface area contributed by atoms with Crippen LogP contribution >= 0.6 is 0 Å². The first-order valence-electron chi connectivity index (χ1n) is 6.94. The SMILES string of the molecule is O=C(O)c1cc([NH+]([O-])[O-])ccc1NCCCc1ccccc1. The minimum Gasteiger partial charge on any atom is -0.628 e. The van der Waals surface area contributed by atoms with E-state index in [0.29, 0.717) is 12.2 Å². The molecule has 116 valence electrons. The molecule has 3 N–H and O–H groups in total. The minimum absolute atomic E-state index is 0.0681. The zero-order valence-electron chi connectivity index (χ0n) is 11.9. The van der Waals surface area contributed by atoms with Gasteiger partial charge in [0.2, 0.25) is 0 Å². The molecule has 0 amide bonds. The second-order valence-corrected chi connectivity index (χ2v) is 4.87.